The summed E-state index contributed by atoms with van der Waals surface area (Å²) in [5.41, 5.74) is 0. The maximum absolute atomic E-state index is 12.2. The number of ether oxygens (including phenoxy) is 2. The van der Waals surface area contributed by atoms with Gasteiger partial charge in [-0.1, -0.05) is 13.8 Å². The molecule has 1 atom stereocenters. The first kappa shape index (κ1) is 15.8. The first-order chi connectivity index (χ1) is 8.81. The molecule has 19 heavy (non-hydrogen) atoms. The van der Waals surface area contributed by atoms with E-state index in [0.717, 1.165) is 0 Å². The van der Waals surface area contributed by atoms with Crippen LogP contribution in [-0.2, 0) is 10.0 Å². The van der Waals surface area contributed by atoms with Crippen LogP contribution in [0.2, 0.25) is 0 Å². The van der Waals surface area contributed by atoms with Crippen LogP contribution >= 0.6 is 0 Å². The molecule has 0 radical (unpaired) electrons. The molecule has 0 unspecified atom stereocenters. The normalized spacial score (nSPS) is 13.4. The van der Waals surface area contributed by atoms with E-state index in [1.807, 2.05) is 20.8 Å². The van der Waals surface area contributed by atoms with Crippen molar-refractivity contribution in [3.05, 3.63) is 18.2 Å². The van der Waals surface area contributed by atoms with Gasteiger partial charge in [-0.05, 0) is 25.0 Å². The molecule has 0 saturated carbocycles. The Labute approximate surface area is 115 Å². The lowest BCUT2D eigenvalue weighted by atomic mass is 10.1. The summed E-state index contributed by atoms with van der Waals surface area (Å²) in [5.74, 6) is 1.11. The molecule has 1 aromatic rings. The minimum atomic E-state index is -3.55. The predicted octanol–water partition coefficient (Wildman–Crippen LogP) is 2.03. The minimum absolute atomic E-state index is 0.141. The number of hydrogen-bond donors (Lipinski definition) is 1. The molecule has 0 aliphatic heterocycles. The Morgan fingerprint density at radius 1 is 1.05 bits per heavy atom. The van der Waals surface area contributed by atoms with E-state index >= 15 is 0 Å². The number of nitrogens with one attached hydrogen (secondary N) is 1. The summed E-state index contributed by atoms with van der Waals surface area (Å²) in [6, 6.07) is 4.39. The van der Waals surface area contributed by atoms with Crippen LogP contribution < -0.4 is 14.2 Å². The van der Waals surface area contributed by atoms with E-state index in [0.29, 0.717) is 11.5 Å². The zero-order valence-electron chi connectivity index (χ0n) is 11.9. The van der Waals surface area contributed by atoms with Crippen LogP contribution in [0, 0.1) is 5.92 Å². The van der Waals surface area contributed by atoms with Gasteiger partial charge in [-0.2, -0.15) is 0 Å². The first-order valence-corrected chi connectivity index (χ1v) is 7.54. The van der Waals surface area contributed by atoms with E-state index in [-0.39, 0.29) is 16.9 Å². The van der Waals surface area contributed by atoms with Crippen LogP contribution in [0.1, 0.15) is 20.8 Å². The van der Waals surface area contributed by atoms with Crippen molar-refractivity contribution in [2.24, 2.45) is 5.92 Å². The summed E-state index contributed by atoms with van der Waals surface area (Å²) >= 11 is 0. The van der Waals surface area contributed by atoms with Gasteiger partial charge in [0.2, 0.25) is 10.0 Å². The third-order valence-electron chi connectivity index (χ3n) is 3.01. The summed E-state index contributed by atoms with van der Waals surface area (Å²) in [5, 5.41) is 0. The topological polar surface area (TPSA) is 64.6 Å². The first-order valence-electron chi connectivity index (χ1n) is 6.06. The van der Waals surface area contributed by atoms with Crippen molar-refractivity contribution in [2.45, 2.75) is 31.7 Å². The Morgan fingerprint density at radius 3 is 2.11 bits per heavy atom. The van der Waals surface area contributed by atoms with Crippen LogP contribution in [0.3, 0.4) is 0 Å². The van der Waals surface area contributed by atoms with Crippen molar-refractivity contribution >= 4 is 10.0 Å². The highest BCUT2D eigenvalue weighted by Gasteiger charge is 2.20. The fraction of sp³-hybridized carbons (Fsp3) is 0.538. The van der Waals surface area contributed by atoms with E-state index < -0.39 is 10.0 Å². The van der Waals surface area contributed by atoms with E-state index in [4.69, 9.17) is 9.47 Å². The Balaban J connectivity index is 3.08. The van der Waals surface area contributed by atoms with Gasteiger partial charge in [0.05, 0.1) is 19.1 Å². The zero-order chi connectivity index (χ0) is 14.6. The largest absolute Gasteiger partial charge is 0.493 e. The minimum Gasteiger partial charge on any atom is -0.493 e. The van der Waals surface area contributed by atoms with E-state index in [2.05, 4.69) is 4.72 Å². The van der Waals surface area contributed by atoms with Gasteiger partial charge in [0, 0.05) is 12.1 Å². The fourth-order valence-electron chi connectivity index (χ4n) is 1.43. The molecule has 5 nitrogen and oxygen atoms in total. The number of sulfonamides is 1. The van der Waals surface area contributed by atoms with Crippen LogP contribution in [0.5, 0.6) is 11.5 Å². The molecule has 1 N–H and O–H groups in total. The molecule has 1 rings (SSSR count). The van der Waals surface area contributed by atoms with Crippen molar-refractivity contribution < 1.29 is 17.9 Å². The van der Waals surface area contributed by atoms with Crippen LogP contribution in [-0.4, -0.2) is 28.7 Å². The van der Waals surface area contributed by atoms with E-state index in [9.17, 15) is 8.42 Å². The number of hydrogen-bond acceptors (Lipinski definition) is 4. The highest BCUT2D eigenvalue weighted by atomic mass is 32.2. The van der Waals surface area contributed by atoms with Crippen molar-refractivity contribution in [1.82, 2.24) is 4.72 Å². The smallest absolute Gasteiger partial charge is 0.240 e. The number of rotatable bonds is 6. The van der Waals surface area contributed by atoms with Gasteiger partial charge in [0.15, 0.2) is 11.5 Å². The molecule has 0 aliphatic rings. The summed E-state index contributed by atoms with van der Waals surface area (Å²) in [7, 11) is -0.572. The maximum atomic E-state index is 12.2. The molecule has 0 saturated heterocycles. The fourth-order valence-corrected chi connectivity index (χ4v) is 2.84. The standard InChI is InChI=1S/C13H21NO4S/c1-9(2)10(3)14-19(15,16)11-6-7-12(17-4)13(8-11)18-5/h6-10,14H,1-5H3/t10-/m1/s1. The van der Waals surface area contributed by atoms with Gasteiger partial charge < -0.3 is 9.47 Å². The lowest BCUT2D eigenvalue weighted by Crippen LogP contribution is -2.36. The second-order valence-electron chi connectivity index (χ2n) is 4.67. The molecule has 0 heterocycles. The van der Waals surface area contributed by atoms with E-state index in [1.54, 1.807) is 6.07 Å². The van der Waals surface area contributed by atoms with Crippen LogP contribution in [0.4, 0.5) is 0 Å². The lowest BCUT2D eigenvalue weighted by molar-refractivity contribution is 0.354. The molecule has 6 heteroatoms. The van der Waals surface area contributed by atoms with Crippen molar-refractivity contribution in [3.8, 4) is 11.5 Å². The summed E-state index contributed by atoms with van der Waals surface area (Å²) < 4.78 is 37.2. The average Bonchev–Trinajstić information content (AvgIpc) is 2.37. The van der Waals surface area contributed by atoms with Gasteiger partial charge in [0.25, 0.3) is 0 Å². The van der Waals surface area contributed by atoms with Gasteiger partial charge in [0.1, 0.15) is 0 Å². The summed E-state index contributed by atoms with van der Waals surface area (Å²) in [6.07, 6.45) is 0. The maximum Gasteiger partial charge on any atom is 0.240 e. The third-order valence-corrected chi connectivity index (χ3v) is 4.56. The molecule has 0 spiro atoms. The quantitative estimate of drug-likeness (QED) is 0.869. The van der Waals surface area contributed by atoms with Crippen LogP contribution in [0.25, 0.3) is 0 Å². The molecule has 0 amide bonds. The predicted molar refractivity (Wildman–Crippen MR) is 74.2 cm³/mol. The van der Waals surface area contributed by atoms with Gasteiger partial charge in [-0.15, -0.1) is 0 Å². The molecular weight excluding hydrogens is 266 g/mol. The highest BCUT2D eigenvalue weighted by Crippen LogP contribution is 2.29. The van der Waals surface area contributed by atoms with Gasteiger partial charge in [-0.3, -0.25) is 0 Å². The number of methoxy groups -OCH3 is 2. The Hall–Kier alpha value is -1.27. The molecule has 0 bridgehead atoms. The molecule has 1 aromatic carbocycles. The lowest BCUT2D eigenvalue weighted by Gasteiger charge is -2.18. The summed E-state index contributed by atoms with van der Waals surface area (Å²) in [6.45, 7) is 5.76. The zero-order valence-corrected chi connectivity index (χ0v) is 12.7. The molecule has 108 valence electrons. The average molecular weight is 287 g/mol. The SMILES string of the molecule is COc1ccc(S(=O)(=O)N[C@H](C)C(C)C)cc1OC. The van der Waals surface area contributed by atoms with Gasteiger partial charge >= 0.3 is 0 Å². The molecule has 0 aliphatic carbocycles. The Morgan fingerprint density at radius 2 is 1.63 bits per heavy atom. The highest BCUT2D eigenvalue weighted by molar-refractivity contribution is 7.89. The number of benzene rings is 1. The van der Waals surface area contributed by atoms with Crippen molar-refractivity contribution in [2.75, 3.05) is 14.2 Å². The van der Waals surface area contributed by atoms with Crippen molar-refractivity contribution in [1.29, 1.82) is 0 Å². The molecule has 0 fully saturated rings. The van der Waals surface area contributed by atoms with Crippen LogP contribution in [0.15, 0.2) is 23.1 Å². The Kier molecular flexibility index (Phi) is 5.20. The summed E-state index contributed by atoms with van der Waals surface area (Å²) in [4.78, 5) is 0.164. The second kappa shape index (κ2) is 6.25. The second-order valence-corrected chi connectivity index (χ2v) is 6.38. The van der Waals surface area contributed by atoms with Crippen molar-refractivity contribution in [3.63, 3.8) is 0 Å². The molecular formula is C13H21NO4S. The monoisotopic (exact) mass is 287 g/mol. The van der Waals surface area contributed by atoms with E-state index in [1.165, 1.54) is 26.4 Å². The Bertz CT molecular complexity index is 525. The van der Waals surface area contributed by atoms with Gasteiger partial charge in [-0.25, -0.2) is 13.1 Å². The third kappa shape index (κ3) is 3.84. The molecule has 0 aromatic heterocycles.